The Kier molecular flexibility index (Phi) is 6.30. The SMILES string of the molecule is C[C@@H]1CCC[C@@H](O[C@@H](C)C(=O)NCC[C@@H]2CCCO2)C1. The van der Waals surface area contributed by atoms with Crippen LogP contribution in [0.2, 0.25) is 0 Å². The highest BCUT2D eigenvalue weighted by Gasteiger charge is 2.24. The van der Waals surface area contributed by atoms with Gasteiger partial charge in [-0.15, -0.1) is 0 Å². The summed E-state index contributed by atoms with van der Waals surface area (Å²) in [4.78, 5) is 12.0. The largest absolute Gasteiger partial charge is 0.378 e. The molecule has 2 aliphatic rings. The summed E-state index contributed by atoms with van der Waals surface area (Å²) in [6.07, 6.45) is 8.16. The van der Waals surface area contributed by atoms with E-state index in [4.69, 9.17) is 9.47 Å². The third-order valence-electron chi connectivity index (χ3n) is 4.44. The summed E-state index contributed by atoms with van der Waals surface area (Å²) in [7, 11) is 0. The number of nitrogens with one attached hydrogen (secondary N) is 1. The zero-order valence-electron chi connectivity index (χ0n) is 12.9. The van der Waals surface area contributed by atoms with E-state index in [1.165, 1.54) is 12.8 Å². The first-order chi connectivity index (χ1) is 9.65. The summed E-state index contributed by atoms with van der Waals surface area (Å²) in [5.74, 6) is 0.741. The summed E-state index contributed by atoms with van der Waals surface area (Å²) in [5, 5.41) is 2.97. The maximum absolute atomic E-state index is 12.0. The fourth-order valence-electron chi connectivity index (χ4n) is 3.22. The first kappa shape index (κ1) is 15.8. The van der Waals surface area contributed by atoms with Crippen molar-refractivity contribution in [2.75, 3.05) is 13.2 Å². The molecule has 4 nitrogen and oxygen atoms in total. The fraction of sp³-hybridized carbons (Fsp3) is 0.938. The molecule has 0 aromatic heterocycles. The van der Waals surface area contributed by atoms with Gasteiger partial charge >= 0.3 is 0 Å². The van der Waals surface area contributed by atoms with E-state index in [2.05, 4.69) is 12.2 Å². The number of carbonyl (C=O) groups is 1. The lowest BCUT2D eigenvalue weighted by atomic mass is 9.88. The first-order valence-electron chi connectivity index (χ1n) is 8.20. The predicted octanol–water partition coefficient (Wildman–Crippen LogP) is 2.66. The first-order valence-corrected chi connectivity index (χ1v) is 8.20. The van der Waals surface area contributed by atoms with Crippen molar-refractivity contribution >= 4 is 5.91 Å². The molecule has 0 aromatic rings. The third-order valence-corrected chi connectivity index (χ3v) is 4.44. The third kappa shape index (κ3) is 5.06. The minimum Gasteiger partial charge on any atom is -0.378 e. The van der Waals surface area contributed by atoms with E-state index in [0.29, 0.717) is 12.6 Å². The van der Waals surface area contributed by atoms with Gasteiger partial charge in [0.05, 0.1) is 12.2 Å². The van der Waals surface area contributed by atoms with Crippen molar-refractivity contribution in [2.24, 2.45) is 5.92 Å². The molecular formula is C16H29NO3. The molecule has 0 aromatic carbocycles. The van der Waals surface area contributed by atoms with E-state index in [1.807, 2.05) is 6.92 Å². The molecule has 0 bridgehead atoms. The lowest BCUT2D eigenvalue weighted by Gasteiger charge is -2.29. The number of ether oxygens (including phenoxy) is 2. The van der Waals surface area contributed by atoms with Crippen molar-refractivity contribution in [3.05, 3.63) is 0 Å². The molecular weight excluding hydrogens is 254 g/mol. The average Bonchev–Trinajstić information content (AvgIpc) is 2.91. The Bertz CT molecular complexity index is 302. The van der Waals surface area contributed by atoms with E-state index < -0.39 is 0 Å². The Hall–Kier alpha value is -0.610. The van der Waals surface area contributed by atoms with Crippen LogP contribution in [-0.4, -0.2) is 37.4 Å². The number of rotatable bonds is 6. The lowest BCUT2D eigenvalue weighted by Crippen LogP contribution is -2.38. The maximum atomic E-state index is 12.0. The Labute approximate surface area is 122 Å². The quantitative estimate of drug-likeness (QED) is 0.815. The maximum Gasteiger partial charge on any atom is 0.248 e. The number of carbonyl (C=O) groups excluding carboxylic acids is 1. The summed E-state index contributed by atoms with van der Waals surface area (Å²) in [5.41, 5.74) is 0. The van der Waals surface area contributed by atoms with Gasteiger partial charge in [0.15, 0.2) is 0 Å². The van der Waals surface area contributed by atoms with Gasteiger partial charge in [0.2, 0.25) is 5.91 Å². The van der Waals surface area contributed by atoms with E-state index in [-0.39, 0.29) is 18.1 Å². The summed E-state index contributed by atoms with van der Waals surface area (Å²) in [6, 6.07) is 0. The van der Waals surface area contributed by atoms with Crippen molar-refractivity contribution < 1.29 is 14.3 Å². The van der Waals surface area contributed by atoms with E-state index >= 15 is 0 Å². The fourth-order valence-corrected chi connectivity index (χ4v) is 3.22. The standard InChI is InChI=1S/C16H29NO3/c1-12-5-3-6-15(11-12)20-13(2)16(18)17-9-8-14-7-4-10-19-14/h12-15H,3-11H2,1-2H3,(H,17,18)/t12-,13+,14+,15-/m1/s1. The molecule has 20 heavy (non-hydrogen) atoms. The highest BCUT2D eigenvalue weighted by atomic mass is 16.5. The van der Waals surface area contributed by atoms with Gasteiger partial charge in [-0.25, -0.2) is 0 Å². The van der Waals surface area contributed by atoms with Crippen molar-refractivity contribution in [3.63, 3.8) is 0 Å². The summed E-state index contributed by atoms with van der Waals surface area (Å²) in [6.45, 7) is 5.69. The second kappa shape index (κ2) is 7.99. The van der Waals surface area contributed by atoms with Gasteiger partial charge in [-0.1, -0.05) is 19.8 Å². The summed E-state index contributed by atoms with van der Waals surface area (Å²) < 4.78 is 11.4. The zero-order chi connectivity index (χ0) is 14.4. The molecule has 4 atom stereocenters. The van der Waals surface area contributed by atoms with Crippen molar-refractivity contribution in [3.8, 4) is 0 Å². The molecule has 1 saturated carbocycles. The molecule has 2 rings (SSSR count). The van der Waals surface area contributed by atoms with E-state index in [0.717, 1.165) is 44.6 Å². The molecule has 1 amide bonds. The van der Waals surface area contributed by atoms with Crippen LogP contribution in [0.25, 0.3) is 0 Å². The van der Waals surface area contributed by atoms with Crippen LogP contribution in [-0.2, 0) is 14.3 Å². The predicted molar refractivity (Wildman–Crippen MR) is 78.6 cm³/mol. The van der Waals surface area contributed by atoms with Crippen molar-refractivity contribution in [1.82, 2.24) is 5.32 Å². The molecule has 1 aliphatic carbocycles. The molecule has 0 radical (unpaired) electrons. The zero-order valence-corrected chi connectivity index (χ0v) is 12.9. The average molecular weight is 283 g/mol. The highest BCUT2D eigenvalue weighted by Crippen LogP contribution is 2.26. The number of hydrogen-bond acceptors (Lipinski definition) is 3. The van der Waals surface area contributed by atoms with Gasteiger partial charge in [-0.2, -0.15) is 0 Å². The van der Waals surface area contributed by atoms with Crippen LogP contribution in [0, 0.1) is 5.92 Å². The molecule has 116 valence electrons. The molecule has 1 N–H and O–H groups in total. The molecule has 0 spiro atoms. The Balaban J connectivity index is 1.61. The van der Waals surface area contributed by atoms with Gasteiger partial charge < -0.3 is 14.8 Å². The van der Waals surface area contributed by atoms with Gasteiger partial charge in [0, 0.05) is 13.2 Å². The topological polar surface area (TPSA) is 47.6 Å². The summed E-state index contributed by atoms with van der Waals surface area (Å²) >= 11 is 0. The van der Waals surface area contributed by atoms with Crippen LogP contribution < -0.4 is 5.32 Å². The van der Waals surface area contributed by atoms with Crippen LogP contribution in [0.3, 0.4) is 0 Å². The van der Waals surface area contributed by atoms with Crippen LogP contribution in [0.15, 0.2) is 0 Å². The Morgan fingerprint density at radius 2 is 2.20 bits per heavy atom. The van der Waals surface area contributed by atoms with Crippen LogP contribution in [0.1, 0.15) is 58.8 Å². The van der Waals surface area contributed by atoms with Crippen LogP contribution in [0.4, 0.5) is 0 Å². The van der Waals surface area contributed by atoms with Crippen molar-refractivity contribution in [1.29, 1.82) is 0 Å². The number of amides is 1. The molecule has 4 heteroatoms. The molecule has 1 saturated heterocycles. The Morgan fingerprint density at radius 1 is 1.35 bits per heavy atom. The smallest absolute Gasteiger partial charge is 0.248 e. The highest BCUT2D eigenvalue weighted by molar-refractivity contribution is 5.80. The monoisotopic (exact) mass is 283 g/mol. The van der Waals surface area contributed by atoms with Gasteiger partial charge in [-0.3, -0.25) is 4.79 Å². The van der Waals surface area contributed by atoms with E-state index in [9.17, 15) is 4.79 Å². The number of hydrogen-bond donors (Lipinski definition) is 1. The molecule has 2 fully saturated rings. The van der Waals surface area contributed by atoms with Gasteiger partial charge in [0.25, 0.3) is 0 Å². The minimum absolute atomic E-state index is 0.0150. The second-order valence-electron chi connectivity index (χ2n) is 6.39. The second-order valence-corrected chi connectivity index (χ2v) is 6.39. The van der Waals surface area contributed by atoms with Crippen molar-refractivity contribution in [2.45, 2.75) is 77.1 Å². The van der Waals surface area contributed by atoms with Crippen LogP contribution >= 0.6 is 0 Å². The van der Waals surface area contributed by atoms with Crippen LogP contribution in [0.5, 0.6) is 0 Å². The van der Waals surface area contributed by atoms with Gasteiger partial charge in [-0.05, 0) is 44.9 Å². The Morgan fingerprint density at radius 3 is 2.90 bits per heavy atom. The molecule has 0 unspecified atom stereocenters. The normalized spacial score (nSPS) is 32.0. The van der Waals surface area contributed by atoms with Gasteiger partial charge in [0.1, 0.15) is 6.10 Å². The molecule has 1 aliphatic heterocycles. The van der Waals surface area contributed by atoms with E-state index in [1.54, 1.807) is 0 Å². The lowest BCUT2D eigenvalue weighted by molar-refractivity contribution is -0.137. The molecule has 1 heterocycles. The minimum atomic E-state index is -0.338.